The molecular weight excluding hydrogens is 458 g/mol. The predicted molar refractivity (Wildman–Crippen MR) is 142 cm³/mol. The highest BCUT2D eigenvalue weighted by Gasteiger charge is 2.17. The summed E-state index contributed by atoms with van der Waals surface area (Å²) in [5, 5.41) is 25.4. The van der Waals surface area contributed by atoms with E-state index in [2.05, 4.69) is 65.8 Å². The number of fused-ring (bicyclic) bond motifs is 1. The van der Waals surface area contributed by atoms with E-state index in [4.69, 9.17) is 0 Å². The zero-order valence-corrected chi connectivity index (χ0v) is 21.1. The predicted octanol–water partition coefficient (Wildman–Crippen LogP) is 5.36. The molecule has 0 aliphatic rings. The van der Waals surface area contributed by atoms with Crippen LogP contribution in [0.5, 0.6) is 5.75 Å². The van der Waals surface area contributed by atoms with Crippen LogP contribution in [0.2, 0.25) is 0 Å². The molecule has 0 spiro atoms. The van der Waals surface area contributed by atoms with Crippen molar-refractivity contribution in [1.29, 1.82) is 0 Å². The van der Waals surface area contributed by atoms with E-state index >= 15 is 0 Å². The number of nitrogens with zero attached hydrogens (tertiary/aromatic N) is 4. The van der Waals surface area contributed by atoms with Crippen LogP contribution in [-0.4, -0.2) is 37.7 Å². The lowest BCUT2D eigenvalue weighted by Crippen LogP contribution is -2.20. The number of thioether (sulfide) groups is 1. The van der Waals surface area contributed by atoms with Gasteiger partial charge in [-0.2, -0.15) is 5.10 Å². The lowest BCUT2D eigenvalue weighted by Gasteiger charge is -2.19. The van der Waals surface area contributed by atoms with Gasteiger partial charge in [-0.05, 0) is 34.7 Å². The number of phenolic OH excluding ortho intramolecular Hbond substituents is 1. The maximum Gasteiger partial charge on any atom is 0.250 e. The maximum absolute atomic E-state index is 12.4. The molecule has 1 aromatic heterocycles. The Morgan fingerprint density at radius 2 is 1.83 bits per heavy atom. The van der Waals surface area contributed by atoms with Crippen LogP contribution in [0.15, 0.2) is 70.9 Å². The molecule has 1 amide bonds. The number of rotatable bonds is 7. The third-order valence-corrected chi connectivity index (χ3v) is 6.67. The zero-order valence-electron chi connectivity index (χ0n) is 20.3. The fraction of sp³-hybridized carbons (Fsp3) is 0.259. The second kappa shape index (κ2) is 10.3. The Labute approximate surface area is 209 Å². The van der Waals surface area contributed by atoms with Crippen LogP contribution in [0.4, 0.5) is 0 Å². The lowest BCUT2D eigenvalue weighted by atomic mass is 9.87. The average Bonchev–Trinajstić information content (AvgIpc) is 3.26. The Morgan fingerprint density at radius 1 is 1.09 bits per heavy atom. The SMILES string of the molecule is CCn1c(SCC(=O)N/N=C\c2c(O)ccc3ccccc23)nnc1-c1ccc(C(C)(C)C)cc1. The van der Waals surface area contributed by atoms with Gasteiger partial charge in [-0.25, -0.2) is 5.43 Å². The smallest absolute Gasteiger partial charge is 0.250 e. The molecule has 3 aromatic carbocycles. The largest absolute Gasteiger partial charge is 0.507 e. The van der Waals surface area contributed by atoms with Crippen LogP contribution in [0, 0.1) is 0 Å². The second-order valence-corrected chi connectivity index (χ2v) is 10.1. The van der Waals surface area contributed by atoms with E-state index in [1.165, 1.54) is 23.5 Å². The topological polar surface area (TPSA) is 92.4 Å². The average molecular weight is 488 g/mol. The lowest BCUT2D eigenvalue weighted by molar-refractivity contribution is -0.118. The Bertz CT molecular complexity index is 1370. The van der Waals surface area contributed by atoms with Crippen molar-refractivity contribution in [3.63, 3.8) is 0 Å². The summed E-state index contributed by atoms with van der Waals surface area (Å²) in [6, 6.07) is 19.5. The molecule has 4 aromatic rings. The summed E-state index contributed by atoms with van der Waals surface area (Å²) in [5.74, 6) is 0.753. The number of hydrazone groups is 1. The molecule has 2 N–H and O–H groups in total. The fourth-order valence-electron chi connectivity index (χ4n) is 3.76. The number of phenols is 1. The monoisotopic (exact) mass is 487 g/mol. The Balaban J connectivity index is 1.41. The molecule has 4 rings (SSSR count). The molecule has 0 unspecified atom stereocenters. The first kappa shape index (κ1) is 24.5. The first-order valence-electron chi connectivity index (χ1n) is 11.5. The normalized spacial score (nSPS) is 11.9. The highest BCUT2D eigenvalue weighted by molar-refractivity contribution is 7.99. The number of nitrogens with one attached hydrogen (secondary N) is 1. The molecule has 1 heterocycles. The van der Waals surface area contributed by atoms with Crippen molar-refractivity contribution in [3.05, 3.63) is 71.8 Å². The van der Waals surface area contributed by atoms with Gasteiger partial charge < -0.3 is 9.67 Å². The highest BCUT2D eigenvalue weighted by atomic mass is 32.2. The van der Waals surface area contributed by atoms with E-state index in [1.54, 1.807) is 6.07 Å². The molecule has 7 nitrogen and oxygen atoms in total. The van der Waals surface area contributed by atoms with Crippen LogP contribution in [0.1, 0.15) is 38.8 Å². The minimum Gasteiger partial charge on any atom is -0.507 e. The van der Waals surface area contributed by atoms with Crippen LogP contribution in [0.3, 0.4) is 0 Å². The standard InChI is InChI=1S/C27H29N5O2S/c1-5-32-25(19-10-13-20(14-11-19)27(2,3)4)30-31-26(32)35-17-24(34)29-28-16-22-21-9-7-6-8-18(21)12-15-23(22)33/h6-16,33H,5,17H2,1-4H3,(H,29,34)/b28-16-. The van der Waals surface area contributed by atoms with Gasteiger partial charge in [0.25, 0.3) is 5.91 Å². The van der Waals surface area contributed by atoms with Crippen molar-refractivity contribution in [3.8, 4) is 17.1 Å². The second-order valence-electron chi connectivity index (χ2n) is 9.18. The van der Waals surface area contributed by atoms with Gasteiger partial charge in [0.2, 0.25) is 0 Å². The number of carbonyl (C=O) groups is 1. The van der Waals surface area contributed by atoms with Gasteiger partial charge in [-0.1, -0.05) is 87.1 Å². The van der Waals surface area contributed by atoms with Crippen molar-refractivity contribution >= 4 is 34.7 Å². The van der Waals surface area contributed by atoms with Crippen LogP contribution < -0.4 is 5.43 Å². The van der Waals surface area contributed by atoms with Gasteiger partial charge in [0.05, 0.1) is 12.0 Å². The van der Waals surface area contributed by atoms with Gasteiger partial charge in [-0.3, -0.25) is 4.79 Å². The summed E-state index contributed by atoms with van der Waals surface area (Å²) in [4.78, 5) is 12.4. The van der Waals surface area contributed by atoms with E-state index in [0.717, 1.165) is 22.2 Å². The Morgan fingerprint density at radius 3 is 2.54 bits per heavy atom. The maximum atomic E-state index is 12.4. The molecule has 0 radical (unpaired) electrons. The summed E-state index contributed by atoms with van der Waals surface area (Å²) in [6.07, 6.45) is 1.47. The van der Waals surface area contributed by atoms with Crippen molar-refractivity contribution in [1.82, 2.24) is 20.2 Å². The van der Waals surface area contributed by atoms with Gasteiger partial charge in [0.15, 0.2) is 11.0 Å². The number of hydrogen-bond acceptors (Lipinski definition) is 6. The number of aromatic hydroxyl groups is 1. The van der Waals surface area contributed by atoms with Gasteiger partial charge in [-0.15, -0.1) is 10.2 Å². The van der Waals surface area contributed by atoms with Gasteiger partial charge in [0, 0.05) is 17.7 Å². The van der Waals surface area contributed by atoms with E-state index in [0.29, 0.717) is 17.3 Å². The fourth-order valence-corrected chi connectivity index (χ4v) is 4.56. The van der Waals surface area contributed by atoms with Gasteiger partial charge >= 0.3 is 0 Å². The molecule has 0 atom stereocenters. The van der Waals surface area contributed by atoms with Crippen LogP contribution >= 0.6 is 11.8 Å². The summed E-state index contributed by atoms with van der Waals surface area (Å²) in [7, 11) is 0. The van der Waals surface area contributed by atoms with Crippen molar-refractivity contribution < 1.29 is 9.90 Å². The summed E-state index contributed by atoms with van der Waals surface area (Å²) >= 11 is 1.31. The molecule has 8 heteroatoms. The quantitative estimate of drug-likeness (QED) is 0.208. The van der Waals surface area contributed by atoms with Crippen molar-refractivity contribution in [2.24, 2.45) is 5.10 Å². The minimum absolute atomic E-state index is 0.0835. The molecule has 0 fully saturated rings. The molecule has 0 saturated heterocycles. The molecule has 180 valence electrons. The van der Waals surface area contributed by atoms with Crippen LogP contribution in [0.25, 0.3) is 22.2 Å². The molecule has 0 aliphatic carbocycles. The summed E-state index contributed by atoms with van der Waals surface area (Å²) in [5.41, 5.74) is 5.42. The summed E-state index contributed by atoms with van der Waals surface area (Å²) in [6.45, 7) is 9.27. The Hall–Kier alpha value is -3.65. The third-order valence-electron chi connectivity index (χ3n) is 5.71. The summed E-state index contributed by atoms with van der Waals surface area (Å²) < 4.78 is 2.00. The number of amides is 1. The molecule has 0 bridgehead atoms. The van der Waals surface area contributed by atoms with Crippen LogP contribution in [-0.2, 0) is 16.8 Å². The molecule has 0 saturated carbocycles. The highest BCUT2D eigenvalue weighted by Crippen LogP contribution is 2.28. The number of hydrogen-bond donors (Lipinski definition) is 2. The number of carbonyl (C=O) groups excluding carboxylic acids is 1. The van der Waals surface area contributed by atoms with Gasteiger partial charge in [0.1, 0.15) is 5.75 Å². The van der Waals surface area contributed by atoms with E-state index in [-0.39, 0.29) is 22.8 Å². The third kappa shape index (κ3) is 5.54. The molecule has 0 aliphatic heterocycles. The molecular formula is C27H29N5O2S. The first-order chi connectivity index (χ1) is 16.8. The molecule has 35 heavy (non-hydrogen) atoms. The van der Waals surface area contributed by atoms with E-state index in [9.17, 15) is 9.90 Å². The number of benzene rings is 3. The van der Waals surface area contributed by atoms with E-state index < -0.39 is 0 Å². The number of aromatic nitrogens is 3. The van der Waals surface area contributed by atoms with Crippen molar-refractivity contribution in [2.75, 3.05) is 5.75 Å². The van der Waals surface area contributed by atoms with E-state index in [1.807, 2.05) is 41.8 Å². The first-order valence-corrected chi connectivity index (χ1v) is 12.5. The minimum atomic E-state index is -0.271. The van der Waals surface area contributed by atoms with Crippen molar-refractivity contribution in [2.45, 2.75) is 44.8 Å². The zero-order chi connectivity index (χ0) is 25.0. The Kier molecular flexibility index (Phi) is 7.21.